The molecule has 0 amide bonds. The number of ether oxygens (including phenoxy) is 2. The molecule has 0 heterocycles. The first-order valence-corrected chi connectivity index (χ1v) is 11.5. The zero-order valence-electron chi connectivity index (χ0n) is 20.0. The minimum atomic E-state index is -0.876. The molecule has 0 spiro atoms. The standard InChI is InChI=1S/C24H46O5/c1-16-19-11-13-24(17(2)28-8,29-18(3)26)22(19,6)15-20(27)23(16,7)21(4,5)12-9-10-14-25/h16-20,25-27H,9-15H2,1-8H3/t16?,17?,18?,19-,20-,22?,23?,24+/m1/s1. The van der Waals surface area contributed by atoms with Crippen molar-refractivity contribution in [2.24, 2.45) is 28.1 Å². The predicted octanol–water partition coefficient (Wildman–Crippen LogP) is 4.13. The highest BCUT2D eigenvalue weighted by Gasteiger charge is 2.69. The summed E-state index contributed by atoms with van der Waals surface area (Å²) in [4.78, 5) is 0. The van der Waals surface area contributed by atoms with Gasteiger partial charge in [-0.2, -0.15) is 0 Å². The van der Waals surface area contributed by atoms with Crippen LogP contribution in [0.1, 0.15) is 87.0 Å². The van der Waals surface area contributed by atoms with Gasteiger partial charge in [0.15, 0.2) is 6.29 Å². The molecule has 2 aliphatic rings. The van der Waals surface area contributed by atoms with Crippen LogP contribution in [0.5, 0.6) is 0 Å². The molecule has 0 aromatic heterocycles. The zero-order valence-corrected chi connectivity index (χ0v) is 20.0. The van der Waals surface area contributed by atoms with Crippen molar-refractivity contribution in [1.82, 2.24) is 0 Å². The van der Waals surface area contributed by atoms with Crippen LogP contribution in [0.4, 0.5) is 0 Å². The summed E-state index contributed by atoms with van der Waals surface area (Å²) in [5.41, 5.74) is -1.17. The summed E-state index contributed by atoms with van der Waals surface area (Å²) in [6, 6.07) is 0. The van der Waals surface area contributed by atoms with Crippen molar-refractivity contribution in [2.75, 3.05) is 13.7 Å². The van der Waals surface area contributed by atoms with Gasteiger partial charge in [0, 0.05) is 24.5 Å². The van der Waals surface area contributed by atoms with Crippen LogP contribution in [-0.2, 0) is 9.47 Å². The van der Waals surface area contributed by atoms with Gasteiger partial charge >= 0.3 is 0 Å². The SMILES string of the molecule is COC(C)[C@@]1(OC(C)O)CC[C@@H]2C(C)C(C)(C(C)(C)CCCCO)[C@H](O)CC21C. The molecule has 2 aliphatic carbocycles. The Bertz CT molecular complexity index is 549. The van der Waals surface area contributed by atoms with E-state index in [4.69, 9.17) is 9.47 Å². The van der Waals surface area contributed by atoms with Gasteiger partial charge in [-0.15, -0.1) is 0 Å². The molecule has 0 saturated heterocycles. The highest BCUT2D eigenvalue weighted by Crippen LogP contribution is 2.69. The quantitative estimate of drug-likeness (QED) is 0.391. The summed E-state index contributed by atoms with van der Waals surface area (Å²) in [6.45, 7) is 15.3. The van der Waals surface area contributed by atoms with Crippen LogP contribution in [0, 0.1) is 28.1 Å². The summed E-state index contributed by atoms with van der Waals surface area (Å²) in [7, 11) is 1.70. The summed E-state index contributed by atoms with van der Waals surface area (Å²) < 4.78 is 12.0. The number of unbranched alkanes of at least 4 members (excludes halogenated alkanes) is 1. The van der Waals surface area contributed by atoms with Gasteiger partial charge in [-0.05, 0) is 63.2 Å². The molecule has 2 rings (SSSR count). The van der Waals surface area contributed by atoms with Crippen molar-refractivity contribution in [1.29, 1.82) is 0 Å². The van der Waals surface area contributed by atoms with E-state index in [-0.39, 0.29) is 29.0 Å². The Kier molecular flexibility index (Phi) is 7.55. The Morgan fingerprint density at radius 1 is 1.17 bits per heavy atom. The van der Waals surface area contributed by atoms with Crippen LogP contribution in [0.15, 0.2) is 0 Å². The number of hydrogen-bond donors (Lipinski definition) is 3. The lowest BCUT2D eigenvalue weighted by Gasteiger charge is -2.63. The van der Waals surface area contributed by atoms with Gasteiger partial charge in [0.25, 0.3) is 0 Å². The molecule has 0 radical (unpaired) electrons. The highest BCUT2D eigenvalue weighted by molar-refractivity contribution is 5.18. The lowest BCUT2D eigenvalue weighted by Crippen LogP contribution is -2.65. The highest BCUT2D eigenvalue weighted by atomic mass is 16.6. The van der Waals surface area contributed by atoms with Gasteiger partial charge in [-0.3, -0.25) is 0 Å². The van der Waals surface area contributed by atoms with E-state index in [0.29, 0.717) is 18.3 Å². The van der Waals surface area contributed by atoms with E-state index in [0.717, 1.165) is 32.1 Å². The van der Waals surface area contributed by atoms with Gasteiger partial charge in [0.05, 0.1) is 12.2 Å². The minimum absolute atomic E-state index is 0.0500. The molecule has 8 atom stereocenters. The number of methoxy groups -OCH3 is 1. The van der Waals surface area contributed by atoms with Gasteiger partial charge < -0.3 is 24.8 Å². The van der Waals surface area contributed by atoms with E-state index in [1.54, 1.807) is 14.0 Å². The summed E-state index contributed by atoms with van der Waals surface area (Å²) in [5.74, 6) is 0.674. The first-order chi connectivity index (χ1) is 13.3. The average molecular weight is 415 g/mol. The van der Waals surface area contributed by atoms with Crippen LogP contribution in [-0.4, -0.2) is 53.1 Å². The van der Waals surface area contributed by atoms with Gasteiger partial charge in [0.1, 0.15) is 5.60 Å². The molecular formula is C24H46O5. The molecule has 0 aromatic rings. The summed E-state index contributed by atoms with van der Waals surface area (Å²) in [5, 5.41) is 31.0. The fourth-order valence-corrected chi connectivity index (χ4v) is 7.22. The molecule has 29 heavy (non-hydrogen) atoms. The maximum Gasteiger partial charge on any atom is 0.152 e. The Hall–Kier alpha value is -0.200. The molecule has 3 N–H and O–H groups in total. The van der Waals surface area contributed by atoms with E-state index in [2.05, 4.69) is 34.6 Å². The number of hydrogen-bond acceptors (Lipinski definition) is 5. The van der Waals surface area contributed by atoms with Gasteiger partial charge in [-0.25, -0.2) is 0 Å². The molecule has 0 aromatic carbocycles. The molecule has 172 valence electrons. The molecule has 5 heteroatoms. The number of rotatable bonds is 9. The smallest absolute Gasteiger partial charge is 0.152 e. The second kappa shape index (κ2) is 8.74. The molecule has 5 nitrogen and oxygen atoms in total. The van der Waals surface area contributed by atoms with Gasteiger partial charge in [-0.1, -0.05) is 41.0 Å². The Labute approximate surface area is 178 Å². The molecule has 5 unspecified atom stereocenters. The maximum atomic E-state index is 11.6. The van der Waals surface area contributed by atoms with E-state index in [1.165, 1.54) is 0 Å². The van der Waals surface area contributed by atoms with E-state index >= 15 is 0 Å². The minimum Gasteiger partial charge on any atom is -0.396 e. The van der Waals surface area contributed by atoms with Crippen molar-refractivity contribution in [3.63, 3.8) is 0 Å². The first kappa shape index (κ1) is 25.1. The second-order valence-electron chi connectivity index (χ2n) is 10.9. The Morgan fingerprint density at radius 2 is 1.79 bits per heavy atom. The average Bonchev–Trinajstić information content (AvgIpc) is 2.91. The third kappa shape index (κ3) is 3.80. The van der Waals surface area contributed by atoms with Crippen LogP contribution in [0.3, 0.4) is 0 Å². The summed E-state index contributed by atoms with van der Waals surface area (Å²) >= 11 is 0. The van der Waals surface area contributed by atoms with Gasteiger partial charge in [0.2, 0.25) is 0 Å². The largest absolute Gasteiger partial charge is 0.396 e. The summed E-state index contributed by atoms with van der Waals surface area (Å²) in [6.07, 6.45) is 3.72. The number of aliphatic hydroxyl groups is 3. The normalized spacial score (nSPS) is 42.5. The second-order valence-corrected chi connectivity index (χ2v) is 10.9. The van der Waals surface area contributed by atoms with Crippen molar-refractivity contribution in [3.05, 3.63) is 0 Å². The van der Waals surface area contributed by atoms with Crippen molar-refractivity contribution >= 4 is 0 Å². The molecule has 0 bridgehead atoms. The first-order valence-electron chi connectivity index (χ1n) is 11.5. The lowest BCUT2D eigenvalue weighted by molar-refractivity contribution is -0.280. The zero-order chi connectivity index (χ0) is 22.3. The molecule has 2 fully saturated rings. The van der Waals surface area contributed by atoms with Crippen molar-refractivity contribution < 1.29 is 24.8 Å². The monoisotopic (exact) mass is 414 g/mol. The van der Waals surface area contributed by atoms with Crippen LogP contribution in [0.25, 0.3) is 0 Å². The van der Waals surface area contributed by atoms with Crippen LogP contribution >= 0.6 is 0 Å². The molecule has 0 aliphatic heterocycles. The molecule has 2 saturated carbocycles. The third-order valence-corrected chi connectivity index (χ3v) is 9.53. The van der Waals surface area contributed by atoms with Crippen molar-refractivity contribution in [3.8, 4) is 0 Å². The van der Waals surface area contributed by atoms with E-state index in [9.17, 15) is 15.3 Å². The third-order valence-electron chi connectivity index (χ3n) is 9.53. The topological polar surface area (TPSA) is 79.2 Å². The maximum absolute atomic E-state index is 11.6. The van der Waals surface area contributed by atoms with Crippen molar-refractivity contribution in [2.45, 2.75) is 111 Å². The Balaban J connectivity index is 2.43. The number of fused-ring (bicyclic) bond motifs is 1. The van der Waals surface area contributed by atoms with Crippen LogP contribution in [0.2, 0.25) is 0 Å². The fourth-order valence-electron chi connectivity index (χ4n) is 7.22. The van der Waals surface area contributed by atoms with E-state index in [1.807, 2.05) is 6.92 Å². The number of aliphatic hydroxyl groups excluding tert-OH is 3. The predicted molar refractivity (Wildman–Crippen MR) is 115 cm³/mol. The molecular weight excluding hydrogens is 368 g/mol. The van der Waals surface area contributed by atoms with Crippen LogP contribution < -0.4 is 0 Å². The lowest BCUT2D eigenvalue weighted by atomic mass is 9.44. The fraction of sp³-hybridized carbons (Fsp3) is 1.00. The van der Waals surface area contributed by atoms with E-state index < -0.39 is 18.0 Å². The Morgan fingerprint density at radius 3 is 2.31 bits per heavy atom.